The molecule has 0 unspecified atom stereocenters. The first kappa shape index (κ1) is 30.1. The minimum absolute atomic E-state index is 0.0144. The van der Waals surface area contributed by atoms with Crippen LogP contribution in [0.3, 0.4) is 0 Å². The SMILES string of the molecule is Cc1ccc(F)c(CNC(=O)c2cn(CCCCn3cc(NC(=O)Cc4cc(OC(F)(F)F)ccc4F)nn3)nn2)c1. The Labute approximate surface area is 235 Å². The molecule has 2 aromatic carbocycles. The lowest BCUT2D eigenvalue weighted by molar-refractivity contribution is -0.274. The third-order valence-electron chi connectivity index (χ3n) is 5.84. The van der Waals surface area contributed by atoms with Gasteiger partial charge in [0.25, 0.3) is 5.91 Å². The van der Waals surface area contributed by atoms with Gasteiger partial charge in [0, 0.05) is 30.8 Å². The smallest absolute Gasteiger partial charge is 0.406 e. The number of alkyl halides is 3. The van der Waals surface area contributed by atoms with Gasteiger partial charge >= 0.3 is 6.36 Å². The Morgan fingerprint density at radius 2 is 1.57 bits per heavy atom. The van der Waals surface area contributed by atoms with E-state index < -0.39 is 42.0 Å². The number of nitrogens with zero attached hydrogens (tertiary/aromatic N) is 6. The predicted molar refractivity (Wildman–Crippen MR) is 137 cm³/mol. The number of aryl methyl sites for hydroxylation is 3. The summed E-state index contributed by atoms with van der Waals surface area (Å²) < 4.78 is 71.8. The van der Waals surface area contributed by atoms with Crippen molar-refractivity contribution in [1.82, 2.24) is 35.3 Å². The molecule has 2 amide bonds. The Hall–Kier alpha value is -4.89. The first-order valence-corrected chi connectivity index (χ1v) is 12.6. The molecule has 11 nitrogen and oxygen atoms in total. The van der Waals surface area contributed by atoms with Crippen molar-refractivity contribution < 1.29 is 36.3 Å². The quantitative estimate of drug-likeness (QED) is 0.188. The van der Waals surface area contributed by atoms with Crippen LogP contribution >= 0.6 is 0 Å². The largest absolute Gasteiger partial charge is 0.573 e. The molecule has 0 saturated heterocycles. The van der Waals surface area contributed by atoms with Crippen molar-refractivity contribution in [3.8, 4) is 5.75 Å². The van der Waals surface area contributed by atoms with Gasteiger partial charge in [-0.1, -0.05) is 28.1 Å². The number of aromatic nitrogens is 6. The average Bonchev–Trinajstić information content (AvgIpc) is 3.58. The summed E-state index contributed by atoms with van der Waals surface area (Å²) in [5.41, 5.74) is 1.05. The van der Waals surface area contributed by atoms with Crippen LogP contribution in [0.25, 0.3) is 0 Å². The molecule has 2 N–H and O–H groups in total. The summed E-state index contributed by atoms with van der Waals surface area (Å²) in [6.45, 7) is 2.72. The normalized spacial score (nSPS) is 11.4. The zero-order chi connectivity index (χ0) is 30.3. The number of halogens is 5. The number of nitrogens with one attached hydrogen (secondary N) is 2. The summed E-state index contributed by atoms with van der Waals surface area (Å²) in [6.07, 6.45) is -1.30. The molecule has 0 aliphatic rings. The fraction of sp³-hybridized carbons (Fsp3) is 0.308. The number of amides is 2. The predicted octanol–water partition coefficient (Wildman–Crippen LogP) is 3.95. The van der Waals surface area contributed by atoms with Gasteiger partial charge < -0.3 is 15.4 Å². The maximum Gasteiger partial charge on any atom is 0.573 e. The van der Waals surface area contributed by atoms with E-state index in [1.54, 1.807) is 12.1 Å². The van der Waals surface area contributed by atoms with Crippen LogP contribution in [0.2, 0.25) is 0 Å². The number of carbonyl (C=O) groups excluding carboxylic acids is 2. The second-order valence-electron chi connectivity index (χ2n) is 9.24. The summed E-state index contributed by atoms with van der Waals surface area (Å²) in [5, 5.41) is 20.5. The van der Waals surface area contributed by atoms with Gasteiger partial charge in [-0.3, -0.25) is 19.0 Å². The van der Waals surface area contributed by atoms with E-state index in [-0.39, 0.29) is 23.6 Å². The number of anilines is 1. The molecule has 0 radical (unpaired) electrons. The molecule has 0 saturated carbocycles. The lowest BCUT2D eigenvalue weighted by Crippen LogP contribution is -2.23. The van der Waals surface area contributed by atoms with Gasteiger partial charge in [0.15, 0.2) is 11.5 Å². The summed E-state index contributed by atoms with van der Waals surface area (Å²) >= 11 is 0. The average molecular weight is 593 g/mol. The van der Waals surface area contributed by atoms with Crippen LogP contribution in [0.4, 0.5) is 27.8 Å². The summed E-state index contributed by atoms with van der Waals surface area (Å²) in [5.74, 6) is -3.02. The van der Waals surface area contributed by atoms with E-state index >= 15 is 0 Å². The van der Waals surface area contributed by atoms with Crippen molar-refractivity contribution in [2.24, 2.45) is 0 Å². The second-order valence-corrected chi connectivity index (χ2v) is 9.24. The van der Waals surface area contributed by atoms with Gasteiger partial charge in [0.05, 0.1) is 18.8 Å². The summed E-state index contributed by atoms with van der Waals surface area (Å²) in [4.78, 5) is 24.6. The molecule has 222 valence electrons. The van der Waals surface area contributed by atoms with Crippen LogP contribution in [0.15, 0.2) is 48.8 Å². The Morgan fingerprint density at radius 1 is 0.905 bits per heavy atom. The molecule has 4 rings (SSSR count). The monoisotopic (exact) mass is 592 g/mol. The molecule has 0 aliphatic carbocycles. The lowest BCUT2D eigenvalue weighted by atomic mass is 10.1. The van der Waals surface area contributed by atoms with Crippen LogP contribution in [-0.4, -0.2) is 48.2 Å². The van der Waals surface area contributed by atoms with E-state index in [1.807, 2.05) is 6.92 Å². The van der Waals surface area contributed by atoms with Crippen molar-refractivity contribution in [2.75, 3.05) is 5.32 Å². The lowest BCUT2D eigenvalue weighted by Gasteiger charge is -2.10. The third-order valence-corrected chi connectivity index (χ3v) is 5.84. The van der Waals surface area contributed by atoms with Gasteiger partial charge in [0.1, 0.15) is 17.4 Å². The zero-order valence-corrected chi connectivity index (χ0v) is 22.2. The molecule has 4 aromatic rings. The fourth-order valence-electron chi connectivity index (χ4n) is 3.87. The summed E-state index contributed by atoms with van der Waals surface area (Å²) in [7, 11) is 0. The molecule has 0 bridgehead atoms. The Balaban J connectivity index is 1.19. The molecule has 2 aromatic heterocycles. The Morgan fingerprint density at radius 3 is 2.31 bits per heavy atom. The van der Waals surface area contributed by atoms with Crippen LogP contribution < -0.4 is 15.4 Å². The van der Waals surface area contributed by atoms with E-state index in [1.165, 1.54) is 27.8 Å². The highest BCUT2D eigenvalue weighted by Crippen LogP contribution is 2.25. The van der Waals surface area contributed by atoms with E-state index in [2.05, 4.69) is 36.0 Å². The van der Waals surface area contributed by atoms with Crippen LogP contribution in [-0.2, 0) is 30.8 Å². The number of hydrogen-bond acceptors (Lipinski definition) is 7. The van der Waals surface area contributed by atoms with E-state index in [9.17, 15) is 31.5 Å². The molecule has 0 fully saturated rings. The first-order chi connectivity index (χ1) is 19.9. The zero-order valence-electron chi connectivity index (χ0n) is 22.2. The number of unbranched alkanes of at least 4 members (excludes halogenated alkanes) is 1. The highest BCUT2D eigenvalue weighted by molar-refractivity contribution is 5.92. The van der Waals surface area contributed by atoms with Crippen LogP contribution in [0.5, 0.6) is 5.75 Å². The third kappa shape index (κ3) is 8.81. The van der Waals surface area contributed by atoms with Crippen molar-refractivity contribution in [2.45, 2.75) is 52.2 Å². The molecule has 16 heteroatoms. The highest BCUT2D eigenvalue weighted by Gasteiger charge is 2.31. The van der Waals surface area contributed by atoms with Gasteiger partial charge in [-0.05, 0) is 44.0 Å². The van der Waals surface area contributed by atoms with E-state index in [0.29, 0.717) is 31.5 Å². The van der Waals surface area contributed by atoms with Crippen molar-refractivity contribution in [3.05, 3.63) is 82.8 Å². The molecule has 42 heavy (non-hydrogen) atoms. The van der Waals surface area contributed by atoms with E-state index in [4.69, 9.17) is 0 Å². The number of carbonyl (C=O) groups is 2. The molecule has 2 heterocycles. The number of rotatable bonds is 12. The number of hydrogen-bond donors (Lipinski definition) is 2. The molecule has 0 atom stereocenters. The minimum atomic E-state index is -4.95. The fourth-order valence-corrected chi connectivity index (χ4v) is 3.87. The minimum Gasteiger partial charge on any atom is -0.406 e. The van der Waals surface area contributed by atoms with Gasteiger partial charge in [-0.25, -0.2) is 8.78 Å². The maximum atomic E-state index is 14.0. The maximum absolute atomic E-state index is 14.0. The van der Waals surface area contributed by atoms with Crippen LogP contribution in [0, 0.1) is 18.6 Å². The second kappa shape index (κ2) is 13.2. The number of benzene rings is 2. The Kier molecular flexibility index (Phi) is 9.44. The van der Waals surface area contributed by atoms with E-state index in [0.717, 1.165) is 23.8 Å². The number of ether oxygens (including phenoxy) is 1. The standard InChI is InChI=1S/C26H25F5N8O3/c1-16-4-6-21(28)18(10-16)13-32-25(41)22-14-38(36-34-22)8-2-3-9-39-15-23(35-37-39)33-24(40)12-17-11-19(5-7-20(17)27)42-26(29,30)31/h4-7,10-11,14-15H,2-3,8-9,12-13H2,1H3,(H,32,41)(H,33,40). The highest BCUT2D eigenvalue weighted by atomic mass is 19.4. The molecule has 0 aliphatic heterocycles. The van der Waals surface area contributed by atoms with Crippen LogP contribution in [0.1, 0.15) is 40.0 Å². The van der Waals surface area contributed by atoms with Gasteiger partial charge in [-0.15, -0.1) is 23.4 Å². The van der Waals surface area contributed by atoms with Gasteiger partial charge in [0.2, 0.25) is 5.91 Å². The topological polar surface area (TPSA) is 129 Å². The molecular formula is C26H25F5N8O3. The van der Waals surface area contributed by atoms with Crippen molar-refractivity contribution in [1.29, 1.82) is 0 Å². The Bertz CT molecular complexity index is 1550. The molecule has 0 spiro atoms. The van der Waals surface area contributed by atoms with Crippen molar-refractivity contribution in [3.63, 3.8) is 0 Å². The van der Waals surface area contributed by atoms with Crippen molar-refractivity contribution >= 4 is 17.6 Å². The first-order valence-electron chi connectivity index (χ1n) is 12.6. The van der Waals surface area contributed by atoms with Gasteiger partial charge in [-0.2, -0.15) is 0 Å². The molecular weight excluding hydrogens is 567 g/mol. The summed E-state index contributed by atoms with van der Waals surface area (Å²) in [6, 6.07) is 7.03.